The third-order valence-electron chi connectivity index (χ3n) is 6.42. The van der Waals surface area contributed by atoms with E-state index in [1.54, 1.807) is 0 Å². The van der Waals surface area contributed by atoms with Gasteiger partial charge in [-0.2, -0.15) is 0 Å². The van der Waals surface area contributed by atoms with Crippen molar-refractivity contribution in [2.45, 2.75) is 13.2 Å². The zero-order valence-electron chi connectivity index (χ0n) is 21.6. The first-order valence-corrected chi connectivity index (χ1v) is 12.2. The monoisotopic (exact) mass is 547 g/mol. The molecule has 10 heteroatoms. The number of nitrogens with one attached hydrogen (secondary N) is 1. The topological polar surface area (TPSA) is 74.5 Å². The van der Waals surface area contributed by atoms with Crippen LogP contribution in [0, 0.1) is 17.5 Å². The molecule has 1 aromatic heterocycles. The number of ether oxygens (including phenoxy) is 2. The maximum Gasteiger partial charge on any atom is 0.329 e. The van der Waals surface area contributed by atoms with Gasteiger partial charge in [0.05, 0.1) is 18.1 Å². The summed E-state index contributed by atoms with van der Waals surface area (Å²) in [6.07, 6.45) is 0. The van der Waals surface area contributed by atoms with E-state index < -0.39 is 29.0 Å². The van der Waals surface area contributed by atoms with Crippen molar-refractivity contribution in [1.29, 1.82) is 0 Å². The number of carbonyl (C=O) groups is 1. The molecule has 0 saturated heterocycles. The van der Waals surface area contributed by atoms with Crippen LogP contribution in [-0.4, -0.2) is 22.2 Å². The van der Waals surface area contributed by atoms with Gasteiger partial charge in [-0.05, 0) is 59.7 Å². The molecule has 0 saturated carbocycles. The van der Waals surface area contributed by atoms with Crippen LogP contribution in [-0.2, 0) is 25.0 Å². The normalized spacial score (nSPS) is 11.0. The SMILES string of the molecule is COc1cc(-c2c(F)ccc3c2n(C)c(=O)n3CC(=O)Nc2ccc(F)cc2)cc(F)c1OCc1ccccc1. The van der Waals surface area contributed by atoms with E-state index in [0.29, 0.717) is 5.69 Å². The minimum Gasteiger partial charge on any atom is -0.493 e. The second-order valence-electron chi connectivity index (χ2n) is 9.04. The number of amides is 1. The molecule has 0 aliphatic carbocycles. The van der Waals surface area contributed by atoms with E-state index in [0.717, 1.165) is 17.7 Å². The molecule has 0 fully saturated rings. The molecule has 5 rings (SSSR count). The van der Waals surface area contributed by atoms with Crippen molar-refractivity contribution in [2.24, 2.45) is 7.05 Å². The van der Waals surface area contributed by atoms with E-state index >= 15 is 8.78 Å². The average molecular weight is 548 g/mol. The molecular formula is C30H24F3N3O4. The van der Waals surface area contributed by atoms with Crippen LogP contribution < -0.4 is 20.5 Å². The van der Waals surface area contributed by atoms with Gasteiger partial charge in [0.1, 0.15) is 24.8 Å². The molecule has 0 radical (unpaired) electrons. The van der Waals surface area contributed by atoms with Gasteiger partial charge in [-0.1, -0.05) is 30.3 Å². The predicted molar refractivity (Wildman–Crippen MR) is 145 cm³/mol. The summed E-state index contributed by atoms with van der Waals surface area (Å²) in [4.78, 5) is 25.8. The largest absolute Gasteiger partial charge is 0.493 e. The lowest BCUT2D eigenvalue weighted by Crippen LogP contribution is -2.28. The van der Waals surface area contributed by atoms with Crippen LogP contribution >= 0.6 is 0 Å². The van der Waals surface area contributed by atoms with E-state index in [2.05, 4.69) is 5.32 Å². The summed E-state index contributed by atoms with van der Waals surface area (Å²) in [5.41, 5.74) is 1.11. The van der Waals surface area contributed by atoms with E-state index in [-0.39, 0.29) is 46.8 Å². The summed E-state index contributed by atoms with van der Waals surface area (Å²) in [5, 5.41) is 2.60. The highest BCUT2D eigenvalue weighted by Gasteiger charge is 2.23. The third-order valence-corrected chi connectivity index (χ3v) is 6.42. The first-order valence-electron chi connectivity index (χ1n) is 12.2. The van der Waals surface area contributed by atoms with Gasteiger partial charge < -0.3 is 14.8 Å². The fourth-order valence-electron chi connectivity index (χ4n) is 4.53. The van der Waals surface area contributed by atoms with Gasteiger partial charge in [0.15, 0.2) is 17.3 Å². The summed E-state index contributed by atoms with van der Waals surface area (Å²) < 4.78 is 57.3. The number of hydrogen-bond donors (Lipinski definition) is 1. The average Bonchev–Trinajstić information content (AvgIpc) is 3.18. The van der Waals surface area contributed by atoms with Crippen LogP contribution in [0.2, 0.25) is 0 Å². The molecule has 1 heterocycles. The highest BCUT2D eigenvalue weighted by atomic mass is 19.1. The Morgan fingerprint density at radius 2 is 1.65 bits per heavy atom. The van der Waals surface area contributed by atoms with Crippen LogP contribution in [0.4, 0.5) is 18.9 Å². The maximum absolute atomic E-state index is 15.3. The molecule has 0 bridgehead atoms. The number of halogens is 3. The van der Waals surface area contributed by atoms with Gasteiger partial charge in [-0.3, -0.25) is 13.9 Å². The molecular weight excluding hydrogens is 523 g/mol. The standard InChI is InChI=1S/C30H24F3N3O4/c1-35-28-24(36(30(35)38)16-26(37)34-21-10-8-20(31)9-11-21)13-12-22(32)27(28)19-14-23(33)29(25(15-19)39-2)40-17-18-6-4-3-5-7-18/h3-15H,16-17H2,1-2H3,(H,34,37). The Bertz CT molecular complexity index is 1760. The zero-order valence-corrected chi connectivity index (χ0v) is 21.6. The van der Waals surface area contributed by atoms with E-state index in [1.807, 2.05) is 30.3 Å². The lowest BCUT2D eigenvalue weighted by atomic mass is 10.0. The van der Waals surface area contributed by atoms with Gasteiger partial charge >= 0.3 is 5.69 Å². The molecule has 0 spiro atoms. The van der Waals surface area contributed by atoms with Crippen LogP contribution in [0.25, 0.3) is 22.2 Å². The highest BCUT2D eigenvalue weighted by Crippen LogP contribution is 2.39. The fraction of sp³-hybridized carbons (Fsp3) is 0.133. The molecule has 1 N–H and O–H groups in total. The number of hydrogen-bond acceptors (Lipinski definition) is 4. The Morgan fingerprint density at radius 1 is 0.925 bits per heavy atom. The molecule has 1 amide bonds. The molecule has 0 unspecified atom stereocenters. The summed E-state index contributed by atoms with van der Waals surface area (Å²) in [6.45, 7) is -0.294. The Balaban J connectivity index is 1.52. The maximum atomic E-state index is 15.3. The van der Waals surface area contributed by atoms with Gasteiger partial charge in [0.2, 0.25) is 5.91 Å². The van der Waals surface area contributed by atoms with Crippen LogP contribution in [0.1, 0.15) is 5.56 Å². The number of nitrogens with zero attached hydrogens (tertiary/aromatic N) is 2. The molecule has 204 valence electrons. The quantitative estimate of drug-likeness (QED) is 0.273. The molecule has 4 aromatic carbocycles. The highest BCUT2D eigenvalue weighted by molar-refractivity contribution is 5.95. The molecule has 5 aromatic rings. The van der Waals surface area contributed by atoms with Crippen LogP contribution in [0.5, 0.6) is 11.5 Å². The van der Waals surface area contributed by atoms with Gasteiger partial charge in [-0.15, -0.1) is 0 Å². The Hall–Kier alpha value is -4.99. The third kappa shape index (κ3) is 5.15. The van der Waals surface area contributed by atoms with E-state index in [1.165, 1.54) is 59.7 Å². The van der Waals surface area contributed by atoms with Crippen LogP contribution in [0.3, 0.4) is 0 Å². The van der Waals surface area contributed by atoms with E-state index in [9.17, 15) is 14.0 Å². The molecule has 0 aliphatic heterocycles. The molecule has 0 atom stereocenters. The lowest BCUT2D eigenvalue weighted by Gasteiger charge is -2.15. The van der Waals surface area contributed by atoms with Crippen molar-refractivity contribution in [3.8, 4) is 22.6 Å². The van der Waals surface area contributed by atoms with Gasteiger partial charge in [-0.25, -0.2) is 18.0 Å². The smallest absolute Gasteiger partial charge is 0.329 e. The van der Waals surface area contributed by atoms with Crippen molar-refractivity contribution in [3.63, 3.8) is 0 Å². The first kappa shape index (κ1) is 26.6. The Kier molecular flexibility index (Phi) is 7.33. The number of aryl methyl sites for hydroxylation is 1. The Morgan fingerprint density at radius 3 is 2.35 bits per heavy atom. The molecule has 0 aliphatic rings. The molecule has 7 nitrogen and oxygen atoms in total. The minimum atomic E-state index is -0.773. The van der Waals surface area contributed by atoms with Gasteiger partial charge in [0, 0.05) is 18.3 Å². The van der Waals surface area contributed by atoms with Crippen LogP contribution in [0.15, 0.2) is 83.7 Å². The van der Waals surface area contributed by atoms with Gasteiger partial charge in [0.25, 0.3) is 0 Å². The number of anilines is 1. The van der Waals surface area contributed by atoms with Crippen molar-refractivity contribution >= 4 is 22.6 Å². The number of carbonyl (C=O) groups excluding carboxylic acids is 1. The number of imidazole rings is 1. The van der Waals surface area contributed by atoms with Crippen molar-refractivity contribution in [3.05, 3.63) is 112 Å². The first-order chi connectivity index (χ1) is 19.3. The summed E-state index contributed by atoms with van der Waals surface area (Å²) >= 11 is 0. The molecule has 40 heavy (non-hydrogen) atoms. The summed E-state index contributed by atoms with van der Waals surface area (Å²) in [7, 11) is 2.78. The number of rotatable bonds is 8. The number of benzene rings is 4. The van der Waals surface area contributed by atoms with Crippen molar-refractivity contribution in [1.82, 2.24) is 9.13 Å². The lowest BCUT2D eigenvalue weighted by molar-refractivity contribution is -0.116. The second-order valence-corrected chi connectivity index (χ2v) is 9.04. The van der Waals surface area contributed by atoms with E-state index in [4.69, 9.17) is 9.47 Å². The number of methoxy groups -OCH3 is 1. The number of aromatic nitrogens is 2. The zero-order chi connectivity index (χ0) is 28.4. The Labute approximate surface area is 227 Å². The minimum absolute atomic E-state index is 0.0402. The fourth-order valence-corrected chi connectivity index (χ4v) is 4.53. The second kappa shape index (κ2) is 11.0. The predicted octanol–water partition coefficient (Wildman–Crippen LogP) is 5.65. The van der Waals surface area contributed by atoms with Crippen molar-refractivity contribution in [2.75, 3.05) is 12.4 Å². The summed E-state index contributed by atoms with van der Waals surface area (Å²) in [5.74, 6) is -2.56. The number of fused-ring (bicyclic) bond motifs is 1. The van der Waals surface area contributed by atoms with Crippen molar-refractivity contribution < 1.29 is 27.4 Å². The summed E-state index contributed by atoms with van der Waals surface area (Å²) in [6, 6.07) is 19.4.